The van der Waals surface area contributed by atoms with Crippen molar-refractivity contribution in [1.82, 2.24) is 0 Å². The van der Waals surface area contributed by atoms with Gasteiger partial charge in [-0.25, -0.2) is 0 Å². The van der Waals surface area contributed by atoms with Crippen molar-refractivity contribution in [2.75, 3.05) is 0 Å². The molecule has 228 valence electrons. The van der Waals surface area contributed by atoms with E-state index in [1.807, 2.05) is 48.5 Å². The van der Waals surface area contributed by atoms with E-state index in [1.165, 1.54) is 0 Å². The molecule has 10 aromatic rings. The van der Waals surface area contributed by atoms with Gasteiger partial charge in [0, 0.05) is 16.3 Å². The normalized spacial score (nSPS) is 16.5. The van der Waals surface area contributed by atoms with Gasteiger partial charge in [0.25, 0.3) is 0 Å². The standard InChI is InChI=1S/C48H30O/c1-2-13-32(14-3-1)46-39-18-6-8-20-41(39)47(42-21-9-7-19-40(42)46)37-17-10-16-36(29-37)38-22-11-23-43-44-30-35(26-27-45(44)49-48(38)43)34-25-24-31-12-4-5-15-33(31)28-34/h1-30H/i1D,2D,3D,6D,7D,8D,9D,10D,13D,14D,16D,17D,18D,19D,20D,21D,29D. The lowest BCUT2D eigenvalue weighted by Crippen LogP contribution is -1.91. The number of hydrogen-bond acceptors (Lipinski definition) is 1. The van der Waals surface area contributed by atoms with Crippen LogP contribution < -0.4 is 0 Å². The topological polar surface area (TPSA) is 13.1 Å². The largest absolute Gasteiger partial charge is 0.455 e. The Morgan fingerprint density at radius 3 is 1.76 bits per heavy atom. The molecule has 0 radical (unpaired) electrons. The van der Waals surface area contributed by atoms with Crippen molar-refractivity contribution >= 4 is 54.3 Å². The third-order valence-corrected chi connectivity index (χ3v) is 8.85. The van der Waals surface area contributed by atoms with E-state index in [0.29, 0.717) is 16.4 Å². The lowest BCUT2D eigenvalue weighted by molar-refractivity contribution is 0.670. The third kappa shape index (κ3) is 4.47. The minimum absolute atomic E-state index is 0.161. The van der Waals surface area contributed by atoms with Crippen molar-refractivity contribution < 1.29 is 27.7 Å². The molecule has 49 heavy (non-hydrogen) atoms. The van der Waals surface area contributed by atoms with Crippen LogP contribution in [0.4, 0.5) is 0 Å². The molecule has 1 aromatic heterocycles. The van der Waals surface area contributed by atoms with Crippen molar-refractivity contribution in [2.45, 2.75) is 0 Å². The second-order valence-electron chi connectivity index (χ2n) is 11.6. The molecule has 0 aliphatic rings. The maximum atomic E-state index is 9.90. The maximum absolute atomic E-state index is 9.90. The average Bonchev–Trinajstić information content (AvgIpc) is 3.70. The van der Waals surface area contributed by atoms with Gasteiger partial charge in [-0.15, -0.1) is 0 Å². The van der Waals surface area contributed by atoms with Crippen LogP contribution in [0.15, 0.2) is 186 Å². The van der Waals surface area contributed by atoms with Crippen LogP contribution in [0.5, 0.6) is 0 Å². The van der Waals surface area contributed by atoms with Crippen LogP contribution >= 0.6 is 0 Å². The fourth-order valence-electron chi connectivity index (χ4n) is 6.65. The van der Waals surface area contributed by atoms with Gasteiger partial charge in [0.2, 0.25) is 0 Å². The van der Waals surface area contributed by atoms with Gasteiger partial charge < -0.3 is 4.42 Å². The Labute approximate surface area is 308 Å². The van der Waals surface area contributed by atoms with Gasteiger partial charge in [-0.05, 0) is 95.5 Å². The maximum Gasteiger partial charge on any atom is 0.143 e. The predicted molar refractivity (Wildman–Crippen MR) is 208 cm³/mol. The molecule has 0 saturated heterocycles. The monoisotopic (exact) mass is 639 g/mol. The number of benzene rings is 9. The van der Waals surface area contributed by atoms with Gasteiger partial charge in [0.05, 0.1) is 23.3 Å². The summed E-state index contributed by atoms with van der Waals surface area (Å²) >= 11 is 0. The minimum Gasteiger partial charge on any atom is -0.455 e. The molecule has 0 fully saturated rings. The molecule has 1 heteroatoms. The third-order valence-electron chi connectivity index (χ3n) is 8.85. The smallest absolute Gasteiger partial charge is 0.143 e. The number of hydrogen-bond donors (Lipinski definition) is 0. The van der Waals surface area contributed by atoms with Crippen LogP contribution in [-0.2, 0) is 0 Å². The fraction of sp³-hybridized carbons (Fsp3) is 0. The van der Waals surface area contributed by atoms with Gasteiger partial charge in [-0.2, -0.15) is 0 Å². The Bertz CT molecular complexity index is 3750. The van der Waals surface area contributed by atoms with E-state index in [2.05, 4.69) is 6.07 Å². The van der Waals surface area contributed by atoms with Gasteiger partial charge in [-0.1, -0.05) is 157 Å². The van der Waals surface area contributed by atoms with E-state index in [4.69, 9.17) is 16.8 Å². The zero-order valence-electron chi connectivity index (χ0n) is 42.4. The van der Waals surface area contributed by atoms with Gasteiger partial charge >= 0.3 is 0 Å². The highest BCUT2D eigenvalue weighted by atomic mass is 16.3. The lowest BCUT2D eigenvalue weighted by Gasteiger charge is -2.18. The van der Waals surface area contributed by atoms with Crippen molar-refractivity contribution in [2.24, 2.45) is 0 Å². The summed E-state index contributed by atoms with van der Waals surface area (Å²) < 4.78 is 160. The van der Waals surface area contributed by atoms with E-state index >= 15 is 0 Å². The highest BCUT2D eigenvalue weighted by Crippen LogP contribution is 2.45. The van der Waals surface area contributed by atoms with E-state index in [0.717, 1.165) is 21.9 Å². The minimum atomic E-state index is -0.826. The van der Waals surface area contributed by atoms with Crippen LogP contribution in [0.3, 0.4) is 0 Å². The van der Waals surface area contributed by atoms with Crippen molar-refractivity contribution in [3.63, 3.8) is 0 Å². The molecule has 0 spiro atoms. The summed E-state index contributed by atoms with van der Waals surface area (Å²) in [6.45, 7) is 0. The fourth-order valence-corrected chi connectivity index (χ4v) is 6.65. The summed E-state index contributed by atoms with van der Waals surface area (Å²) in [4.78, 5) is 0. The SMILES string of the molecule is [2H]c1c([2H])c([2H])c(-c2c3c([2H])c([2H])c([2H])c([2H])c3c(-c3c([2H])c([2H])c([2H])c(-c4cccc5c4oc4ccc(-c6ccc7ccccc7c6)cc45)c3[2H])c3c([2H])c([2H])c([2H])c([2H])c23)c([2H])c1[2H]. The van der Waals surface area contributed by atoms with Crippen LogP contribution in [0, 0.1) is 0 Å². The second-order valence-corrected chi connectivity index (χ2v) is 11.6. The Hall–Kier alpha value is -6.44. The number of furan rings is 1. The Morgan fingerprint density at radius 2 is 1.00 bits per heavy atom. The van der Waals surface area contributed by atoms with E-state index in [-0.39, 0.29) is 16.7 Å². The van der Waals surface area contributed by atoms with Gasteiger partial charge in [0.1, 0.15) is 11.2 Å². The molecule has 0 bridgehead atoms. The zero-order valence-corrected chi connectivity index (χ0v) is 25.4. The summed E-state index contributed by atoms with van der Waals surface area (Å²) in [6, 6.07) is 11.6. The average molecular weight is 640 g/mol. The molecule has 0 saturated carbocycles. The summed E-state index contributed by atoms with van der Waals surface area (Å²) in [5.74, 6) is 0. The summed E-state index contributed by atoms with van der Waals surface area (Å²) in [5.41, 5.74) is 0.348. The summed E-state index contributed by atoms with van der Waals surface area (Å²) in [6.07, 6.45) is 0. The molecule has 0 atom stereocenters. The van der Waals surface area contributed by atoms with E-state index in [1.54, 1.807) is 24.3 Å². The van der Waals surface area contributed by atoms with Crippen molar-refractivity contribution in [3.8, 4) is 44.5 Å². The van der Waals surface area contributed by atoms with E-state index in [9.17, 15) is 11.0 Å². The van der Waals surface area contributed by atoms with Crippen molar-refractivity contribution in [3.05, 3.63) is 182 Å². The molecule has 0 aliphatic heterocycles. The summed E-state index contributed by atoms with van der Waals surface area (Å²) in [5, 5.41) is 1.38. The first-order valence-electron chi connectivity index (χ1n) is 24.0. The lowest BCUT2D eigenvalue weighted by atomic mass is 9.85. The molecular weight excluding hydrogens is 593 g/mol. The Morgan fingerprint density at radius 1 is 0.388 bits per heavy atom. The second kappa shape index (κ2) is 11.1. The van der Waals surface area contributed by atoms with Crippen molar-refractivity contribution in [1.29, 1.82) is 0 Å². The molecule has 1 heterocycles. The van der Waals surface area contributed by atoms with Crippen LogP contribution in [-0.4, -0.2) is 0 Å². The number of para-hydroxylation sites is 1. The first kappa shape index (κ1) is 15.6. The van der Waals surface area contributed by atoms with E-state index < -0.39 is 147 Å². The van der Waals surface area contributed by atoms with Gasteiger partial charge in [-0.3, -0.25) is 0 Å². The van der Waals surface area contributed by atoms with Crippen LogP contribution in [0.1, 0.15) is 23.3 Å². The molecule has 10 rings (SSSR count). The molecule has 0 amide bonds. The molecule has 9 aromatic carbocycles. The molecule has 0 aliphatic carbocycles. The Balaban J connectivity index is 1.35. The molecular formula is C48H30O. The number of fused-ring (bicyclic) bond motifs is 6. The van der Waals surface area contributed by atoms with Crippen LogP contribution in [0.25, 0.3) is 98.8 Å². The summed E-state index contributed by atoms with van der Waals surface area (Å²) in [7, 11) is 0. The zero-order chi connectivity index (χ0) is 47.1. The number of rotatable bonds is 4. The van der Waals surface area contributed by atoms with Crippen LogP contribution in [0.2, 0.25) is 0 Å². The first-order chi connectivity index (χ1) is 31.4. The highest BCUT2D eigenvalue weighted by molar-refractivity contribution is 6.21. The molecule has 0 unspecified atom stereocenters. The quantitative estimate of drug-likeness (QED) is 0.175. The molecule has 0 N–H and O–H groups in total. The highest BCUT2D eigenvalue weighted by Gasteiger charge is 2.18. The van der Waals surface area contributed by atoms with Gasteiger partial charge in [0.15, 0.2) is 0 Å². The molecule has 1 nitrogen and oxygen atoms in total. The predicted octanol–water partition coefficient (Wildman–Crippen LogP) is 13.7. The first-order valence-corrected chi connectivity index (χ1v) is 15.5. The Kier molecular flexibility index (Phi) is 3.54.